The molecule has 3 nitrogen and oxygen atoms in total. The van der Waals surface area contributed by atoms with Gasteiger partial charge in [-0.2, -0.15) is 0 Å². The van der Waals surface area contributed by atoms with E-state index in [1.54, 1.807) is 0 Å². The van der Waals surface area contributed by atoms with E-state index in [1.807, 2.05) is 44.2 Å². The van der Waals surface area contributed by atoms with Crippen molar-refractivity contribution in [1.29, 1.82) is 0 Å². The molecule has 1 saturated carbocycles. The lowest BCUT2D eigenvalue weighted by Gasteiger charge is -2.37. The van der Waals surface area contributed by atoms with Gasteiger partial charge in [0.15, 0.2) is 0 Å². The third kappa shape index (κ3) is 4.32. The standard InChI is InChI=1S/C16H25NO2S/c1-16(2,15-11-7-4-8-12-15)17-20(18,19)13-14-9-5-3-6-10-14/h3,5-6,9-10,15,17H,4,7-8,11-13H2,1-2H3. The summed E-state index contributed by atoms with van der Waals surface area (Å²) in [6.45, 7) is 4.04. The highest BCUT2D eigenvalue weighted by molar-refractivity contribution is 7.88. The first-order valence-electron chi connectivity index (χ1n) is 7.45. The van der Waals surface area contributed by atoms with E-state index in [0.29, 0.717) is 5.92 Å². The smallest absolute Gasteiger partial charge is 0.212 e. The van der Waals surface area contributed by atoms with Crippen LogP contribution in [0, 0.1) is 5.92 Å². The topological polar surface area (TPSA) is 46.2 Å². The van der Waals surface area contributed by atoms with E-state index in [1.165, 1.54) is 19.3 Å². The van der Waals surface area contributed by atoms with Gasteiger partial charge >= 0.3 is 0 Å². The van der Waals surface area contributed by atoms with E-state index in [0.717, 1.165) is 18.4 Å². The van der Waals surface area contributed by atoms with Crippen LogP contribution < -0.4 is 4.72 Å². The van der Waals surface area contributed by atoms with Crippen LogP contribution in [0.1, 0.15) is 51.5 Å². The van der Waals surface area contributed by atoms with Crippen molar-refractivity contribution in [3.05, 3.63) is 35.9 Å². The molecule has 0 aromatic heterocycles. The highest BCUT2D eigenvalue weighted by Gasteiger charge is 2.34. The Hall–Kier alpha value is -0.870. The molecule has 0 radical (unpaired) electrons. The molecular formula is C16H25NO2S. The second-order valence-electron chi connectivity index (χ2n) is 6.40. The van der Waals surface area contributed by atoms with Crippen molar-refractivity contribution in [2.24, 2.45) is 5.92 Å². The molecule has 1 aromatic carbocycles. The lowest BCUT2D eigenvalue weighted by atomic mass is 9.77. The molecule has 0 unspecified atom stereocenters. The molecule has 1 N–H and O–H groups in total. The molecule has 112 valence electrons. The first kappa shape index (κ1) is 15.5. The lowest BCUT2D eigenvalue weighted by molar-refractivity contribution is 0.221. The van der Waals surface area contributed by atoms with Gasteiger partial charge in [-0.3, -0.25) is 0 Å². The number of hydrogen-bond donors (Lipinski definition) is 1. The molecular weight excluding hydrogens is 270 g/mol. The van der Waals surface area contributed by atoms with E-state index in [2.05, 4.69) is 4.72 Å². The Morgan fingerprint density at radius 3 is 2.30 bits per heavy atom. The number of rotatable bonds is 5. The van der Waals surface area contributed by atoms with Gasteiger partial charge in [-0.1, -0.05) is 49.6 Å². The highest BCUT2D eigenvalue weighted by Crippen LogP contribution is 2.33. The van der Waals surface area contributed by atoms with Crippen molar-refractivity contribution in [3.8, 4) is 0 Å². The third-order valence-corrected chi connectivity index (χ3v) is 5.79. The molecule has 4 heteroatoms. The lowest BCUT2D eigenvalue weighted by Crippen LogP contribution is -2.49. The Bertz CT molecular complexity index is 517. The molecule has 0 aliphatic heterocycles. The molecule has 0 bridgehead atoms. The predicted molar refractivity (Wildman–Crippen MR) is 82.9 cm³/mol. The minimum Gasteiger partial charge on any atom is -0.212 e. The Balaban J connectivity index is 2.03. The van der Waals surface area contributed by atoms with Crippen LogP contribution in [-0.4, -0.2) is 14.0 Å². The van der Waals surface area contributed by atoms with Crippen LogP contribution in [0.25, 0.3) is 0 Å². The number of sulfonamides is 1. The van der Waals surface area contributed by atoms with Crippen LogP contribution in [0.3, 0.4) is 0 Å². The third-order valence-electron chi connectivity index (χ3n) is 4.24. The second kappa shape index (κ2) is 6.27. The molecule has 2 rings (SSSR count). The van der Waals surface area contributed by atoms with E-state index >= 15 is 0 Å². The Labute approximate surface area is 122 Å². The van der Waals surface area contributed by atoms with Gasteiger partial charge in [0.1, 0.15) is 0 Å². The molecule has 0 saturated heterocycles. The molecule has 1 aliphatic rings. The fraction of sp³-hybridized carbons (Fsp3) is 0.625. The average molecular weight is 295 g/mol. The van der Waals surface area contributed by atoms with Gasteiger partial charge in [-0.05, 0) is 38.2 Å². The monoisotopic (exact) mass is 295 g/mol. The fourth-order valence-corrected chi connectivity index (χ4v) is 4.81. The van der Waals surface area contributed by atoms with Crippen molar-refractivity contribution >= 4 is 10.0 Å². The summed E-state index contributed by atoms with van der Waals surface area (Å²) in [6, 6.07) is 9.35. The zero-order valence-electron chi connectivity index (χ0n) is 12.4. The van der Waals surface area contributed by atoms with Crippen molar-refractivity contribution < 1.29 is 8.42 Å². The van der Waals surface area contributed by atoms with Gasteiger partial charge in [0, 0.05) is 5.54 Å². The fourth-order valence-electron chi connectivity index (χ4n) is 3.14. The molecule has 0 amide bonds. The minimum absolute atomic E-state index is 0.0595. The van der Waals surface area contributed by atoms with E-state index in [-0.39, 0.29) is 11.3 Å². The zero-order valence-corrected chi connectivity index (χ0v) is 13.2. The summed E-state index contributed by atoms with van der Waals surface area (Å²) in [5.74, 6) is 0.506. The number of nitrogens with one attached hydrogen (secondary N) is 1. The predicted octanol–water partition coefficient (Wildman–Crippen LogP) is 3.46. The van der Waals surface area contributed by atoms with Crippen LogP contribution in [0.2, 0.25) is 0 Å². The summed E-state index contributed by atoms with van der Waals surface area (Å²) in [4.78, 5) is 0. The summed E-state index contributed by atoms with van der Waals surface area (Å²) < 4.78 is 27.6. The maximum absolute atomic E-state index is 12.3. The van der Waals surface area contributed by atoms with E-state index < -0.39 is 10.0 Å². The summed E-state index contributed by atoms with van der Waals surface area (Å²) >= 11 is 0. The molecule has 20 heavy (non-hydrogen) atoms. The molecule has 1 fully saturated rings. The first-order valence-corrected chi connectivity index (χ1v) is 9.10. The van der Waals surface area contributed by atoms with Crippen molar-refractivity contribution in [2.75, 3.05) is 0 Å². The quantitative estimate of drug-likeness (QED) is 0.904. The summed E-state index contributed by atoms with van der Waals surface area (Å²) in [7, 11) is -3.29. The van der Waals surface area contributed by atoms with Gasteiger partial charge in [0.25, 0.3) is 0 Å². The Morgan fingerprint density at radius 1 is 1.10 bits per heavy atom. The van der Waals surface area contributed by atoms with Gasteiger partial charge in [0.05, 0.1) is 5.75 Å². The van der Waals surface area contributed by atoms with E-state index in [9.17, 15) is 8.42 Å². The Kier molecular flexibility index (Phi) is 4.86. The molecule has 0 spiro atoms. The van der Waals surface area contributed by atoms with Gasteiger partial charge in [0.2, 0.25) is 10.0 Å². The van der Waals surface area contributed by atoms with Crippen LogP contribution in [0.15, 0.2) is 30.3 Å². The second-order valence-corrected chi connectivity index (χ2v) is 8.13. The first-order chi connectivity index (χ1) is 9.39. The highest BCUT2D eigenvalue weighted by atomic mass is 32.2. The summed E-state index contributed by atoms with van der Waals surface area (Å²) in [5.41, 5.74) is 0.480. The molecule has 0 heterocycles. The molecule has 1 aliphatic carbocycles. The van der Waals surface area contributed by atoms with Crippen LogP contribution in [-0.2, 0) is 15.8 Å². The largest absolute Gasteiger partial charge is 0.216 e. The average Bonchev–Trinajstić information content (AvgIpc) is 2.39. The molecule has 0 atom stereocenters. The maximum Gasteiger partial charge on any atom is 0.216 e. The van der Waals surface area contributed by atoms with E-state index in [4.69, 9.17) is 0 Å². The van der Waals surface area contributed by atoms with Gasteiger partial charge < -0.3 is 0 Å². The summed E-state index contributed by atoms with van der Waals surface area (Å²) in [6.07, 6.45) is 5.97. The SMILES string of the molecule is CC(C)(NS(=O)(=O)Cc1ccccc1)C1CCCCC1. The van der Waals surface area contributed by atoms with Crippen molar-refractivity contribution in [3.63, 3.8) is 0 Å². The molecule has 1 aromatic rings. The Morgan fingerprint density at radius 2 is 1.70 bits per heavy atom. The zero-order chi connectivity index (χ0) is 14.6. The normalized spacial score (nSPS) is 18.1. The van der Waals surface area contributed by atoms with Crippen LogP contribution >= 0.6 is 0 Å². The van der Waals surface area contributed by atoms with Crippen molar-refractivity contribution in [1.82, 2.24) is 4.72 Å². The van der Waals surface area contributed by atoms with Gasteiger partial charge in [-0.25, -0.2) is 13.1 Å². The van der Waals surface area contributed by atoms with Crippen LogP contribution in [0.5, 0.6) is 0 Å². The maximum atomic E-state index is 12.3. The van der Waals surface area contributed by atoms with Gasteiger partial charge in [-0.15, -0.1) is 0 Å². The summed E-state index contributed by atoms with van der Waals surface area (Å²) in [5, 5.41) is 0. The number of benzene rings is 1. The number of hydrogen-bond acceptors (Lipinski definition) is 2. The van der Waals surface area contributed by atoms with Crippen molar-refractivity contribution in [2.45, 2.75) is 57.2 Å². The van der Waals surface area contributed by atoms with Crippen LogP contribution in [0.4, 0.5) is 0 Å². The minimum atomic E-state index is -3.29.